The first-order valence-corrected chi connectivity index (χ1v) is 39.2. The van der Waals surface area contributed by atoms with Gasteiger partial charge in [0.15, 0.2) is 12.2 Å². The quantitative estimate of drug-likeness (QED) is 0.0169. The SMILES string of the molecule is CC/C=C\C/C=C\C/C=C\C/C=C\CCCCC(=O)OCC(COP(=O)(O)OCC(O)COP(=O)(O)OCC(COC(=O)CCCCCCC/C=C\CCCC)OC(=O)CCCCCCC/C=C\CCCC)OC(=O)CCCCCCCCCCCCCCCCC. The smallest absolute Gasteiger partial charge is 0.462 e. The zero-order valence-corrected chi connectivity index (χ0v) is 59.8. The minimum absolute atomic E-state index is 0.0846. The van der Waals surface area contributed by atoms with Gasteiger partial charge in [0.2, 0.25) is 0 Å². The third-order valence-corrected chi connectivity index (χ3v) is 17.1. The van der Waals surface area contributed by atoms with E-state index < -0.39 is 97.5 Å². The van der Waals surface area contributed by atoms with Gasteiger partial charge in [0.25, 0.3) is 0 Å². The van der Waals surface area contributed by atoms with Gasteiger partial charge in [-0.3, -0.25) is 37.3 Å². The van der Waals surface area contributed by atoms with E-state index in [0.29, 0.717) is 25.7 Å². The summed E-state index contributed by atoms with van der Waals surface area (Å²) in [6, 6.07) is 0. The van der Waals surface area contributed by atoms with E-state index in [9.17, 15) is 43.2 Å². The minimum Gasteiger partial charge on any atom is -0.462 e. The normalized spacial score (nSPS) is 14.5. The van der Waals surface area contributed by atoms with Crippen LogP contribution in [-0.4, -0.2) is 96.7 Å². The van der Waals surface area contributed by atoms with Crippen molar-refractivity contribution in [1.82, 2.24) is 0 Å². The maximum absolute atomic E-state index is 13.0. The van der Waals surface area contributed by atoms with Crippen molar-refractivity contribution in [2.45, 2.75) is 329 Å². The second kappa shape index (κ2) is 66.1. The number of aliphatic hydroxyl groups excluding tert-OH is 1. The van der Waals surface area contributed by atoms with Crippen LogP contribution in [0.2, 0.25) is 0 Å². The molecular formula is C73H130O17P2. The van der Waals surface area contributed by atoms with Crippen molar-refractivity contribution < 1.29 is 80.2 Å². The highest BCUT2D eigenvalue weighted by Crippen LogP contribution is 2.45. The first kappa shape index (κ1) is 88.5. The van der Waals surface area contributed by atoms with Crippen LogP contribution < -0.4 is 0 Å². The lowest BCUT2D eigenvalue weighted by Gasteiger charge is -2.21. The van der Waals surface area contributed by atoms with Crippen LogP contribution in [0.4, 0.5) is 0 Å². The van der Waals surface area contributed by atoms with Crippen molar-refractivity contribution >= 4 is 39.5 Å². The number of esters is 4. The molecule has 3 N–H and O–H groups in total. The summed E-state index contributed by atoms with van der Waals surface area (Å²) in [6.07, 6.45) is 63.5. The van der Waals surface area contributed by atoms with Gasteiger partial charge in [-0.05, 0) is 103 Å². The van der Waals surface area contributed by atoms with Crippen LogP contribution in [0.5, 0.6) is 0 Å². The number of phosphoric ester groups is 2. The number of hydrogen-bond acceptors (Lipinski definition) is 15. The van der Waals surface area contributed by atoms with Crippen LogP contribution in [0.15, 0.2) is 72.9 Å². The molecule has 0 amide bonds. The number of hydrogen-bond donors (Lipinski definition) is 3. The number of allylic oxidation sites excluding steroid dienone is 12. The lowest BCUT2D eigenvalue weighted by molar-refractivity contribution is -0.161. The van der Waals surface area contributed by atoms with Gasteiger partial charge in [0, 0.05) is 25.7 Å². The molecule has 0 radical (unpaired) electrons. The summed E-state index contributed by atoms with van der Waals surface area (Å²) in [7, 11) is -9.94. The molecule has 19 heteroatoms. The van der Waals surface area contributed by atoms with Crippen LogP contribution in [0, 0.1) is 0 Å². The Bertz CT molecular complexity index is 2040. The van der Waals surface area contributed by atoms with Crippen LogP contribution in [0.3, 0.4) is 0 Å². The van der Waals surface area contributed by atoms with Gasteiger partial charge in [-0.25, -0.2) is 9.13 Å². The zero-order chi connectivity index (χ0) is 67.5. The van der Waals surface area contributed by atoms with Crippen molar-refractivity contribution in [2.24, 2.45) is 0 Å². The monoisotopic (exact) mass is 1340 g/mol. The van der Waals surface area contributed by atoms with E-state index in [4.69, 9.17) is 37.0 Å². The number of aliphatic hydroxyl groups is 1. The summed E-state index contributed by atoms with van der Waals surface area (Å²) in [4.78, 5) is 72.5. The molecule has 0 aliphatic rings. The first-order chi connectivity index (χ1) is 44.7. The van der Waals surface area contributed by atoms with Crippen molar-refractivity contribution in [3.63, 3.8) is 0 Å². The van der Waals surface area contributed by atoms with E-state index in [1.807, 2.05) is 0 Å². The minimum atomic E-state index is -4.97. The fourth-order valence-corrected chi connectivity index (χ4v) is 11.2. The molecule has 5 unspecified atom stereocenters. The second-order valence-corrected chi connectivity index (χ2v) is 27.1. The summed E-state index contributed by atoms with van der Waals surface area (Å²) in [5, 5.41) is 10.6. The van der Waals surface area contributed by atoms with Crippen molar-refractivity contribution in [1.29, 1.82) is 0 Å². The number of phosphoric acid groups is 2. The van der Waals surface area contributed by atoms with Crippen molar-refractivity contribution in [3.8, 4) is 0 Å². The molecule has 0 aliphatic carbocycles. The van der Waals surface area contributed by atoms with Gasteiger partial charge in [0.1, 0.15) is 19.3 Å². The summed E-state index contributed by atoms with van der Waals surface area (Å²) >= 11 is 0. The molecule has 5 atom stereocenters. The molecule has 0 aromatic carbocycles. The Morgan fingerprint density at radius 2 is 0.576 bits per heavy atom. The molecular weight excluding hydrogens is 1210 g/mol. The van der Waals surface area contributed by atoms with Gasteiger partial charge in [-0.2, -0.15) is 0 Å². The highest BCUT2D eigenvalue weighted by molar-refractivity contribution is 7.47. The lowest BCUT2D eigenvalue weighted by Crippen LogP contribution is -2.30. The molecule has 534 valence electrons. The Morgan fingerprint density at radius 1 is 0.315 bits per heavy atom. The molecule has 0 rings (SSSR count). The van der Waals surface area contributed by atoms with E-state index in [0.717, 1.165) is 141 Å². The molecule has 0 spiro atoms. The summed E-state index contributed by atoms with van der Waals surface area (Å²) in [5.41, 5.74) is 0. The van der Waals surface area contributed by atoms with E-state index in [1.54, 1.807) is 0 Å². The zero-order valence-electron chi connectivity index (χ0n) is 58.0. The first-order valence-electron chi connectivity index (χ1n) is 36.2. The highest BCUT2D eigenvalue weighted by Gasteiger charge is 2.30. The second-order valence-electron chi connectivity index (χ2n) is 24.2. The van der Waals surface area contributed by atoms with Crippen molar-refractivity contribution in [3.05, 3.63) is 72.9 Å². The predicted molar refractivity (Wildman–Crippen MR) is 372 cm³/mol. The average molecular weight is 1340 g/mol. The van der Waals surface area contributed by atoms with Gasteiger partial charge < -0.3 is 33.8 Å². The molecule has 0 fully saturated rings. The maximum atomic E-state index is 13.0. The summed E-state index contributed by atoms with van der Waals surface area (Å²) in [6.45, 7) is 4.63. The summed E-state index contributed by atoms with van der Waals surface area (Å²) < 4.78 is 68.2. The molecule has 0 heterocycles. The topological polar surface area (TPSA) is 237 Å². The van der Waals surface area contributed by atoms with E-state index in [1.165, 1.54) is 89.9 Å². The molecule has 17 nitrogen and oxygen atoms in total. The standard InChI is InChI=1S/C73H130O17P2/c1-5-9-13-17-21-25-29-31-33-35-39-42-46-50-54-58-71(76)84-64-69(90-73(78)60-56-52-48-44-40-36-34-32-30-26-22-18-14-10-6-2)66-88-92(81,82)86-62-67(74)61-85-91(79,80)87-65-68(89-72(77)59-55-51-47-43-38-28-24-20-16-12-8-4)63-83-70(75)57-53-49-45-41-37-27-23-19-15-11-7-3/h9,13,19-21,23-25,31,33,39,42,67-69,74H,5-8,10-12,14-18,22,26-30,32,34-38,40-41,43-66H2,1-4H3,(H,79,80)(H,81,82)/b13-9-,23-19-,24-20-,25-21-,33-31-,42-39-. The Labute approximate surface area is 558 Å². The predicted octanol–water partition coefficient (Wildman–Crippen LogP) is 20.1. The van der Waals surface area contributed by atoms with Gasteiger partial charge in [0.05, 0.1) is 26.4 Å². The molecule has 92 heavy (non-hydrogen) atoms. The Hall–Kier alpha value is -3.50. The molecule has 0 bridgehead atoms. The molecule has 0 aromatic heterocycles. The average Bonchev–Trinajstić information content (AvgIpc) is 2.93. The van der Waals surface area contributed by atoms with Crippen LogP contribution in [0.25, 0.3) is 0 Å². The molecule has 0 aliphatic heterocycles. The molecule has 0 aromatic rings. The number of ether oxygens (including phenoxy) is 4. The van der Waals surface area contributed by atoms with Crippen LogP contribution in [-0.2, 0) is 65.4 Å². The lowest BCUT2D eigenvalue weighted by atomic mass is 10.0. The highest BCUT2D eigenvalue weighted by atomic mass is 31.2. The Kier molecular flexibility index (Phi) is 63.6. The van der Waals surface area contributed by atoms with Gasteiger partial charge in [-0.15, -0.1) is 0 Å². The van der Waals surface area contributed by atoms with Crippen LogP contribution >= 0.6 is 15.6 Å². The largest absolute Gasteiger partial charge is 0.472 e. The van der Waals surface area contributed by atoms with E-state index >= 15 is 0 Å². The number of carbonyl (C=O) groups excluding carboxylic acids is 4. The molecule has 0 saturated carbocycles. The van der Waals surface area contributed by atoms with Crippen LogP contribution in [0.1, 0.15) is 310 Å². The summed E-state index contributed by atoms with van der Waals surface area (Å²) in [5.74, 6) is -2.22. The van der Waals surface area contributed by atoms with E-state index in [-0.39, 0.29) is 25.7 Å². The Balaban J connectivity index is 5.34. The third kappa shape index (κ3) is 65.2. The van der Waals surface area contributed by atoms with E-state index in [2.05, 4.69) is 101 Å². The molecule has 0 saturated heterocycles. The Morgan fingerprint density at radius 3 is 0.935 bits per heavy atom. The fraction of sp³-hybridized carbons (Fsp3) is 0.781. The third-order valence-electron chi connectivity index (χ3n) is 15.2. The van der Waals surface area contributed by atoms with Gasteiger partial charge >= 0.3 is 39.5 Å². The van der Waals surface area contributed by atoms with Gasteiger partial charge in [-0.1, -0.05) is 255 Å². The number of unbranched alkanes of at least 4 members (excludes halogenated alkanes) is 30. The number of rotatable bonds is 68. The number of carbonyl (C=O) groups is 4. The maximum Gasteiger partial charge on any atom is 0.472 e. The van der Waals surface area contributed by atoms with Crippen molar-refractivity contribution in [2.75, 3.05) is 39.6 Å². The fourth-order valence-electron chi connectivity index (χ4n) is 9.58.